The zero-order chi connectivity index (χ0) is 25.0. The molecule has 3 rings (SSSR count). The lowest BCUT2D eigenvalue weighted by molar-refractivity contribution is 0.0590. The third-order valence-electron chi connectivity index (χ3n) is 5.42. The average Bonchev–Trinajstić information content (AvgIpc) is 3.27. The fourth-order valence-corrected chi connectivity index (χ4v) is 3.80. The third kappa shape index (κ3) is 4.19. The van der Waals surface area contributed by atoms with Crippen molar-refractivity contribution in [1.82, 2.24) is 4.98 Å². The van der Waals surface area contributed by atoms with E-state index in [-0.39, 0.29) is 17.0 Å². The van der Waals surface area contributed by atoms with Crippen LogP contribution in [0.15, 0.2) is 30.3 Å². The lowest BCUT2D eigenvalue weighted by Gasteiger charge is -2.15. The Morgan fingerprint density at radius 3 is 1.85 bits per heavy atom. The van der Waals surface area contributed by atoms with Gasteiger partial charge < -0.3 is 28.7 Å². The van der Waals surface area contributed by atoms with Gasteiger partial charge in [0.1, 0.15) is 17.1 Å². The van der Waals surface area contributed by atoms with Gasteiger partial charge in [0.15, 0.2) is 17.8 Å². The number of H-pyrrole nitrogens is 1. The number of aromatic amines is 1. The monoisotopic (exact) mass is 467 g/mol. The molecule has 0 aliphatic rings. The van der Waals surface area contributed by atoms with E-state index in [1.54, 1.807) is 30.3 Å². The predicted molar refractivity (Wildman–Crippen MR) is 124 cm³/mol. The van der Waals surface area contributed by atoms with Gasteiger partial charge in [-0.25, -0.2) is 9.59 Å². The van der Waals surface area contributed by atoms with Gasteiger partial charge >= 0.3 is 11.9 Å². The molecule has 9 heteroatoms. The van der Waals surface area contributed by atoms with E-state index in [4.69, 9.17) is 23.7 Å². The number of aldehydes is 1. The van der Waals surface area contributed by atoms with E-state index in [2.05, 4.69) is 4.98 Å². The van der Waals surface area contributed by atoms with Crippen LogP contribution in [0.4, 0.5) is 0 Å². The first kappa shape index (κ1) is 24.4. The first-order valence-corrected chi connectivity index (χ1v) is 10.1. The second-order valence-corrected chi connectivity index (χ2v) is 7.20. The van der Waals surface area contributed by atoms with Crippen molar-refractivity contribution in [2.45, 2.75) is 6.92 Å². The van der Waals surface area contributed by atoms with Crippen molar-refractivity contribution in [3.8, 4) is 39.5 Å². The molecular weight excluding hydrogens is 442 g/mol. The molecule has 0 spiro atoms. The van der Waals surface area contributed by atoms with Crippen LogP contribution in [0.25, 0.3) is 22.3 Å². The second kappa shape index (κ2) is 10.1. The topological polar surface area (TPSA) is 113 Å². The first-order valence-electron chi connectivity index (χ1n) is 10.1. The van der Waals surface area contributed by atoms with Crippen molar-refractivity contribution in [3.05, 3.63) is 52.8 Å². The quantitative estimate of drug-likeness (QED) is 0.390. The molecule has 1 aromatic heterocycles. The number of hydrogen-bond donors (Lipinski definition) is 1. The first-order chi connectivity index (χ1) is 16.3. The molecule has 0 bridgehead atoms. The summed E-state index contributed by atoms with van der Waals surface area (Å²) in [4.78, 5) is 40.1. The van der Waals surface area contributed by atoms with Crippen molar-refractivity contribution in [2.75, 3.05) is 35.5 Å². The summed E-state index contributed by atoms with van der Waals surface area (Å²) in [6, 6.07) is 8.33. The van der Waals surface area contributed by atoms with Gasteiger partial charge in [-0.1, -0.05) is 6.07 Å². The lowest BCUT2D eigenvalue weighted by Crippen LogP contribution is -2.06. The molecule has 34 heavy (non-hydrogen) atoms. The molecule has 0 unspecified atom stereocenters. The number of methoxy groups -OCH3 is 5. The zero-order valence-corrected chi connectivity index (χ0v) is 19.7. The van der Waals surface area contributed by atoms with Gasteiger partial charge in [0.25, 0.3) is 0 Å². The number of ether oxygens (including phenoxy) is 5. The Kier molecular flexibility index (Phi) is 7.25. The van der Waals surface area contributed by atoms with Crippen LogP contribution in [0.1, 0.15) is 36.9 Å². The second-order valence-electron chi connectivity index (χ2n) is 7.20. The predicted octanol–water partition coefficient (Wildman–Crippen LogP) is 4.07. The molecule has 0 radical (unpaired) electrons. The molecule has 1 N–H and O–H groups in total. The minimum absolute atomic E-state index is 0.0223. The number of carbonyl (C=O) groups excluding carboxylic acids is 3. The summed E-state index contributed by atoms with van der Waals surface area (Å²) in [6.07, 6.45) is 0.648. The SMILES string of the molecule is COC(=O)c1[nH]c(C(=O)OC)c(-c2cc(OC)c(OC)cc2C)c1-c1ccc(OC)c(C=O)c1. The molecule has 1 heterocycles. The number of nitrogens with one attached hydrogen (secondary N) is 1. The Hall–Kier alpha value is -4.27. The number of benzene rings is 2. The minimum atomic E-state index is -0.701. The highest BCUT2D eigenvalue weighted by molar-refractivity contribution is 6.09. The Morgan fingerprint density at radius 2 is 1.32 bits per heavy atom. The van der Waals surface area contributed by atoms with Gasteiger partial charge in [-0.2, -0.15) is 0 Å². The van der Waals surface area contributed by atoms with Gasteiger partial charge in [-0.15, -0.1) is 0 Å². The van der Waals surface area contributed by atoms with Crippen LogP contribution in [-0.2, 0) is 9.47 Å². The summed E-state index contributed by atoms with van der Waals surface area (Å²) in [5.41, 5.74) is 2.88. The fourth-order valence-electron chi connectivity index (χ4n) is 3.80. The van der Waals surface area contributed by atoms with Gasteiger partial charge in [0.05, 0.1) is 41.1 Å². The van der Waals surface area contributed by atoms with E-state index in [1.165, 1.54) is 35.5 Å². The number of rotatable bonds is 8. The van der Waals surface area contributed by atoms with Crippen LogP contribution in [0.2, 0.25) is 0 Å². The number of aryl methyl sites for hydroxylation is 1. The highest BCUT2D eigenvalue weighted by Gasteiger charge is 2.30. The van der Waals surface area contributed by atoms with Gasteiger partial charge in [-0.3, -0.25) is 4.79 Å². The third-order valence-corrected chi connectivity index (χ3v) is 5.42. The minimum Gasteiger partial charge on any atom is -0.496 e. The van der Waals surface area contributed by atoms with Crippen LogP contribution in [0, 0.1) is 6.92 Å². The molecular formula is C25H25NO8. The van der Waals surface area contributed by atoms with E-state index in [1.807, 2.05) is 6.92 Å². The maximum atomic E-state index is 12.8. The Labute approximate surface area is 196 Å². The highest BCUT2D eigenvalue weighted by atomic mass is 16.5. The van der Waals surface area contributed by atoms with Crippen molar-refractivity contribution in [2.24, 2.45) is 0 Å². The Bertz CT molecular complexity index is 1260. The molecule has 0 fully saturated rings. The van der Waals surface area contributed by atoms with Crippen molar-refractivity contribution >= 4 is 18.2 Å². The number of aromatic nitrogens is 1. The van der Waals surface area contributed by atoms with E-state index in [9.17, 15) is 14.4 Å². The summed E-state index contributed by atoms with van der Waals surface area (Å²) < 4.78 is 26.0. The molecule has 0 aliphatic heterocycles. The standard InChI is InChI=1S/C25H25NO8/c1-13-9-18(31-3)19(32-4)11-16(13)21-20(14-7-8-17(30-2)15(10-14)12-27)22(24(28)33-5)26-23(21)25(29)34-6/h7-12,26H,1-6H3. The molecule has 2 aromatic carbocycles. The van der Waals surface area contributed by atoms with Crippen LogP contribution >= 0.6 is 0 Å². The van der Waals surface area contributed by atoms with Crippen molar-refractivity contribution < 1.29 is 38.1 Å². The molecule has 0 aliphatic carbocycles. The number of hydrogen-bond acceptors (Lipinski definition) is 8. The fraction of sp³-hybridized carbons (Fsp3) is 0.240. The van der Waals surface area contributed by atoms with Gasteiger partial charge in [-0.05, 0) is 47.9 Å². The Balaban J connectivity index is 2.49. The number of esters is 2. The maximum Gasteiger partial charge on any atom is 0.355 e. The molecule has 178 valence electrons. The van der Waals surface area contributed by atoms with Gasteiger partial charge in [0, 0.05) is 11.1 Å². The summed E-state index contributed by atoms with van der Waals surface area (Å²) in [6.45, 7) is 1.83. The molecule has 0 saturated heterocycles. The smallest absolute Gasteiger partial charge is 0.355 e. The van der Waals surface area contributed by atoms with Crippen LogP contribution in [-0.4, -0.2) is 58.8 Å². The van der Waals surface area contributed by atoms with E-state index >= 15 is 0 Å². The van der Waals surface area contributed by atoms with Gasteiger partial charge in [0.2, 0.25) is 0 Å². The van der Waals surface area contributed by atoms with Crippen molar-refractivity contribution in [3.63, 3.8) is 0 Å². The molecule has 0 amide bonds. The molecule has 3 aromatic rings. The normalized spacial score (nSPS) is 10.4. The molecule has 9 nitrogen and oxygen atoms in total. The van der Waals surface area contributed by atoms with E-state index in [0.29, 0.717) is 45.8 Å². The van der Waals surface area contributed by atoms with Crippen LogP contribution in [0.3, 0.4) is 0 Å². The van der Waals surface area contributed by atoms with Crippen molar-refractivity contribution in [1.29, 1.82) is 0 Å². The zero-order valence-electron chi connectivity index (χ0n) is 19.7. The lowest BCUT2D eigenvalue weighted by atomic mass is 9.91. The molecule has 0 saturated carbocycles. The van der Waals surface area contributed by atoms with Crippen LogP contribution < -0.4 is 14.2 Å². The van der Waals surface area contributed by atoms with Crippen LogP contribution in [0.5, 0.6) is 17.2 Å². The number of carbonyl (C=O) groups is 3. The average molecular weight is 467 g/mol. The largest absolute Gasteiger partial charge is 0.496 e. The summed E-state index contributed by atoms with van der Waals surface area (Å²) in [5, 5.41) is 0. The summed E-state index contributed by atoms with van der Waals surface area (Å²) in [7, 11) is 6.94. The maximum absolute atomic E-state index is 12.8. The summed E-state index contributed by atoms with van der Waals surface area (Å²) >= 11 is 0. The van der Waals surface area contributed by atoms with E-state index < -0.39 is 11.9 Å². The summed E-state index contributed by atoms with van der Waals surface area (Å²) in [5.74, 6) is -0.0982. The highest BCUT2D eigenvalue weighted by Crippen LogP contribution is 2.44. The molecule has 0 atom stereocenters. The Morgan fingerprint density at radius 1 is 0.765 bits per heavy atom. The van der Waals surface area contributed by atoms with E-state index in [0.717, 1.165) is 5.56 Å².